The lowest BCUT2D eigenvalue weighted by Gasteiger charge is -2.29. The van der Waals surface area contributed by atoms with Gasteiger partial charge in [0.05, 0.1) is 39.9 Å². The van der Waals surface area contributed by atoms with Crippen LogP contribution in [-0.4, -0.2) is 68.5 Å². The number of quaternary nitrogens is 1. The fraction of sp³-hybridized carbons (Fsp3) is 0.912. The van der Waals surface area contributed by atoms with Gasteiger partial charge in [-0.3, -0.25) is 9.36 Å². The molecule has 0 aromatic carbocycles. The minimum atomic E-state index is -4.56. The van der Waals surface area contributed by atoms with Crippen molar-refractivity contribution in [2.75, 3.05) is 40.9 Å². The summed E-state index contributed by atoms with van der Waals surface area (Å²) in [5.74, 6) is -0.206. The monoisotopic (exact) mass is 632 g/mol. The van der Waals surface area contributed by atoms with E-state index in [2.05, 4.69) is 19.2 Å². The third-order valence-electron chi connectivity index (χ3n) is 7.75. The highest BCUT2D eigenvalue weighted by molar-refractivity contribution is 7.45. The molecular weight excluding hydrogens is 563 g/mol. The molecule has 8 nitrogen and oxygen atoms in total. The first-order valence-corrected chi connectivity index (χ1v) is 19.0. The number of allylic oxidation sites excluding steroid dienone is 1. The van der Waals surface area contributed by atoms with Gasteiger partial charge in [-0.15, -0.1) is 0 Å². The third-order valence-corrected chi connectivity index (χ3v) is 8.71. The average molecular weight is 633 g/mol. The Bertz CT molecular complexity index is 728. The number of likely N-dealkylation sites (N-methyl/N-ethyl adjacent to an activating group) is 1. The summed E-state index contributed by atoms with van der Waals surface area (Å²) >= 11 is 0. The molecule has 0 saturated carbocycles. The van der Waals surface area contributed by atoms with Crippen LogP contribution >= 0.6 is 7.82 Å². The lowest BCUT2D eigenvalue weighted by atomic mass is 10.0. The van der Waals surface area contributed by atoms with Crippen LogP contribution in [0.4, 0.5) is 0 Å². The first kappa shape index (κ1) is 42.2. The SMILES string of the molecule is CCCCCCCCCCCCCC/C=C/[C@@H](O)[C@H](COP(=O)([O-])OCC[N+](C)(C)C)NC(=O)CCCCCCCCC. The Morgan fingerprint density at radius 3 is 1.74 bits per heavy atom. The smallest absolute Gasteiger partial charge is 0.268 e. The van der Waals surface area contributed by atoms with Crippen LogP contribution in [0.25, 0.3) is 0 Å². The minimum Gasteiger partial charge on any atom is -0.756 e. The number of nitrogens with zero attached hydrogens (tertiary/aromatic N) is 1. The van der Waals surface area contributed by atoms with Crippen molar-refractivity contribution in [1.29, 1.82) is 0 Å². The highest BCUT2D eigenvalue weighted by Crippen LogP contribution is 2.38. The number of carbonyl (C=O) groups is 1. The number of nitrogens with one attached hydrogen (secondary N) is 1. The number of phosphoric ester groups is 1. The summed E-state index contributed by atoms with van der Waals surface area (Å²) in [7, 11) is 1.26. The Hall–Kier alpha value is -0.760. The first-order chi connectivity index (χ1) is 20.5. The number of aliphatic hydroxyl groups is 1. The number of hydrogen-bond donors (Lipinski definition) is 2. The third kappa shape index (κ3) is 29.7. The van der Waals surface area contributed by atoms with E-state index < -0.39 is 20.0 Å². The van der Waals surface area contributed by atoms with Gasteiger partial charge in [0, 0.05) is 6.42 Å². The molecule has 0 aliphatic rings. The predicted octanol–water partition coefficient (Wildman–Crippen LogP) is 7.83. The summed E-state index contributed by atoms with van der Waals surface area (Å²) in [4.78, 5) is 24.9. The molecule has 256 valence electrons. The molecule has 1 unspecified atom stereocenters. The maximum absolute atomic E-state index is 12.6. The van der Waals surface area contributed by atoms with E-state index in [1.54, 1.807) is 6.08 Å². The van der Waals surface area contributed by atoms with Crippen molar-refractivity contribution in [2.24, 2.45) is 0 Å². The number of rotatable bonds is 31. The molecule has 2 N–H and O–H groups in total. The Morgan fingerprint density at radius 2 is 1.26 bits per heavy atom. The molecule has 0 aliphatic carbocycles. The number of amides is 1. The molecule has 0 aromatic heterocycles. The predicted molar refractivity (Wildman–Crippen MR) is 178 cm³/mol. The molecule has 9 heteroatoms. The summed E-state index contributed by atoms with van der Waals surface area (Å²) in [5, 5.41) is 13.6. The molecule has 0 saturated heterocycles. The van der Waals surface area contributed by atoms with E-state index in [4.69, 9.17) is 9.05 Å². The highest BCUT2D eigenvalue weighted by Gasteiger charge is 2.23. The van der Waals surface area contributed by atoms with Crippen molar-refractivity contribution >= 4 is 13.7 Å². The van der Waals surface area contributed by atoms with E-state index in [9.17, 15) is 19.4 Å². The number of aliphatic hydroxyl groups excluding tert-OH is 1. The van der Waals surface area contributed by atoms with E-state index in [1.807, 2.05) is 27.2 Å². The van der Waals surface area contributed by atoms with Crippen molar-refractivity contribution in [1.82, 2.24) is 5.32 Å². The Balaban J connectivity index is 4.54. The summed E-state index contributed by atoms with van der Waals surface area (Å²) in [6, 6.07) is -0.875. The zero-order valence-electron chi connectivity index (χ0n) is 28.7. The quantitative estimate of drug-likeness (QED) is 0.0349. The van der Waals surface area contributed by atoms with Crippen LogP contribution in [0.2, 0.25) is 0 Å². The molecule has 0 spiro atoms. The van der Waals surface area contributed by atoms with Gasteiger partial charge in [0.25, 0.3) is 7.82 Å². The minimum absolute atomic E-state index is 0.00105. The summed E-state index contributed by atoms with van der Waals surface area (Å²) < 4.78 is 23.0. The molecule has 1 amide bonds. The lowest BCUT2D eigenvalue weighted by Crippen LogP contribution is -2.45. The van der Waals surface area contributed by atoms with Gasteiger partial charge in [0.2, 0.25) is 5.91 Å². The topological polar surface area (TPSA) is 108 Å². The van der Waals surface area contributed by atoms with Crippen LogP contribution < -0.4 is 10.2 Å². The molecular formula is C34H69N2O6P. The van der Waals surface area contributed by atoms with Crippen LogP contribution in [0.5, 0.6) is 0 Å². The van der Waals surface area contributed by atoms with Gasteiger partial charge < -0.3 is 28.8 Å². The van der Waals surface area contributed by atoms with Gasteiger partial charge in [-0.1, -0.05) is 135 Å². The molecule has 43 heavy (non-hydrogen) atoms. The number of hydrogen-bond acceptors (Lipinski definition) is 6. The summed E-state index contributed by atoms with van der Waals surface area (Å²) in [5.41, 5.74) is 0. The van der Waals surface area contributed by atoms with Crippen LogP contribution in [0, 0.1) is 0 Å². The molecule has 0 fully saturated rings. The van der Waals surface area contributed by atoms with Crippen molar-refractivity contribution < 1.29 is 32.9 Å². The molecule has 0 aromatic rings. The maximum Gasteiger partial charge on any atom is 0.268 e. The van der Waals surface area contributed by atoms with Gasteiger partial charge in [-0.2, -0.15) is 0 Å². The van der Waals surface area contributed by atoms with Crippen molar-refractivity contribution in [2.45, 2.75) is 161 Å². The standard InChI is InChI=1S/C34H69N2O6P/c1-6-8-10-12-14-15-16-17-18-19-20-22-23-25-27-33(37)32(31-42-43(39,40)41-30-29-36(3,4)5)35-34(38)28-26-24-21-13-11-9-7-2/h25,27,32-33,37H,6-24,26,28-31H2,1-5H3,(H-,35,38,39,40)/b27-25+/t32-,33+/m0/s1. The Labute approximate surface area is 265 Å². The van der Waals surface area contributed by atoms with Crippen LogP contribution in [-0.2, 0) is 18.4 Å². The first-order valence-electron chi connectivity index (χ1n) is 17.6. The Kier molecular flexibility index (Phi) is 27.1. The normalized spacial score (nSPS) is 15.0. The van der Waals surface area contributed by atoms with Gasteiger partial charge in [0.15, 0.2) is 0 Å². The van der Waals surface area contributed by atoms with Crippen LogP contribution in [0.1, 0.15) is 149 Å². The molecule has 0 rings (SSSR count). The zero-order valence-corrected chi connectivity index (χ0v) is 29.6. The summed E-state index contributed by atoms with van der Waals surface area (Å²) in [6.07, 6.45) is 26.9. The fourth-order valence-electron chi connectivity index (χ4n) is 4.86. The van der Waals surface area contributed by atoms with E-state index in [-0.39, 0.29) is 19.1 Å². The largest absolute Gasteiger partial charge is 0.756 e. The lowest BCUT2D eigenvalue weighted by molar-refractivity contribution is -0.870. The highest BCUT2D eigenvalue weighted by atomic mass is 31.2. The van der Waals surface area contributed by atoms with E-state index in [1.165, 1.54) is 89.9 Å². The van der Waals surface area contributed by atoms with E-state index in [0.29, 0.717) is 17.4 Å². The van der Waals surface area contributed by atoms with Gasteiger partial charge in [-0.05, 0) is 19.3 Å². The number of phosphoric acid groups is 1. The molecule has 0 heterocycles. The van der Waals surface area contributed by atoms with Gasteiger partial charge in [0.1, 0.15) is 13.2 Å². The maximum atomic E-state index is 12.6. The molecule has 0 radical (unpaired) electrons. The molecule has 0 bridgehead atoms. The van der Waals surface area contributed by atoms with Crippen LogP contribution in [0.15, 0.2) is 12.2 Å². The second-order valence-corrected chi connectivity index (χ2v) is 14.6. The van der Waals surface area contributed by atoms with Gasteiger partial charge in [-0.25, -0.2) is 0 Å². The van der Waals surface area contributed by atoms with Crippen molar-refractivity contribution in [3.8, 4) is 0 Å². The van der Waals surface area contributed by atoms with Crippen LogP contribution in [0.3, 0.4) is 0 Å². The van der Waals surface area contributed by atoms with E-state index >= 15 is 0 Å². The number of carbonyl (C=O) groups excluding carboxylic acids is 1. The molecule has 0 aliphatic heterocycles. The number of unbranched alkanes of at least 4 members (excludes halogenated alkanes) is 18. The summed E-state index contributed by atoms with van der Waals surface area (Å²) in [6.45, 7) is 4.57. The molecule has 3 atom stereocenters. The van der Waals surface area contributed by atoms with E-state index in [0.717, 1.165) is 38.5 Å². The van der Waals surface area contributed by atoms with Crippen molar-refractivity contribution in [3.63, 3.8) is 0 Å². The average Bonchev–Trinajstić information content (AvgIpc) is 2.94. The fourth-order valence-corrected chi connectivity index (χ4v) is 5.58. The second kappa shape index (κ2) is 27.5. The Morgan fingerprint density at radius 1 is 0.791 bits per heavy atom. The van der Waals surface area contributed by atoms with Crippen molar-refractivity contribution in [3.05, 3.63) is 12.2 Å². The second-order valence-electron chi connectivity index (χ2n) is 13.2. The zero-order chi connectivity index (χ0) is 32.2. The van der Waals surface area contributed by atoms with Gasteiger partial charge >= 0.3 is 0 Å².